The monoisotopic (exact) mass is 207 g/mol. The van der Waals surface area contributed by atoms with Gasteiger partial charge in [0.2, 0.25) is 0 Å². The number of ether oxygens (including phenoxy) is 1. The molecule has 0 heterocycles. The Kier molecular flexibility index (Phi) is 4.47. The van der Waals surface area contributed by atoms with Gasteiger partial charge < -0.3 is 10.1 Å². The van der Waals surface area contributed by atoms with Crippen molar-refractivity contribution in [3.05, 3.63) is 23.8 Å². The van der Waals surface area contributed by atoms with Gasteiger partial charge in [-0.1, -0.05) is 6.92 Å². The third-order valence-corrected chi connectivity index (χ3v) is 2.50. The van der Waals surface area contributed by atoms with Crippen LogP contribution in [0.2, 0.25) is 0 Å². The zero-order valence-electron chi connectivity index (χ0n) is 10.1. The van der Waals surface area contributed by atoms with Crippen LogP contribution in [0.25, 0.3) is 0 Å². The molecule has 15 heavy (non-hydrogen) atoms. The van der Waals surface area contributed by atoms with Crippen LogP contribution in [0.15, 0.2) is 18.2 Å². The van der Waals surface area contributed by atoms with E-state index in [0.717, 1.165) is 18.8 Å². The van der Waals surface area contributed by atoms with Crippen LogP contribution in [-0.4, -0.2) is 12.6 Å². The molecule has 1 atom stereocenters. The van der Waals surface area contributed by atoms with E-state index in [-0.39, 0.29) is 0 Å². The van der Waals surface area contributed by atoms with E-state index in [9.17, 15) is 0 Å². The summed E-state index contributed by atoms with van der Waals surface area (Å²) in [7, 11) is 0. The number of aryl methyl sites for hydroxylation is 1. The highest BCUT2D eigenvalue weighted by atomic mass is 16.5. The van der Waals surface area contributed by atoms with Crippen molar-refractivity contribution in [2.24, 2.45) is 0 Å². The Labute approximate surface area is 92.6 Å². The van der Waals surface area contributed by atoms with Gasteiger partial charge >= 0.3 is 0 Å². The first-order valence-corrected chi connectivity index (χ1v) is 5.67. The molecule has 1 aromatic rings. The quantitative estimate of drug-likeness (QED) is 0.796. The molecule has 0 aliphatic carbocycles. The Morgan fingerprint density at radius 2 is 2.07 bits per heavy atom. The van der Waals surface area contributed by atoms with Crippen molar-refractivity contribution in [3.63, 3.8) is 0 Å². The van der Waals surface area contributed by atoms with E-state index in [1.54, 1.807) is 0 Å². The fraction of sp³-hybridized carbons (Fsp3) is 0.538. The van der Waals surface area contributed by atoms with E-state index in [1.807, 2.05) is 13.0 Å². The van der Waals surface area contributed by atoms with Crippen LogP contribution in [0.1, 0.15) is 32.8 Å². The number of benzene rings is 1. The lowest BCUT2D eigenvalue weighted by molar-refractivity contribution is 0.338. The van der Waals surface area contributed by atoms with Gasteiger partial charge in [0.05, 0.1) is 6.61 Å². The van der Waals surface area contributed by atoms with Crippen molar-refractivity contribution >= 4 is 5.69 Å². The Morgan fingerprint density at radius 3 is 2.60 bits per heavy atom. The van der Waals surface area contributed by atoms with E-state index in [4.69, 9.17) is 4.74 Å². The van der Waals surface area contributed by atoms with Gasteiger partial charge in [-0.2, -0.15) is 0 Å². The Bertz CT molecular complexity index is 309. The summed E-state index contributed by atoms with van der Waals surface area (Å²) in [5.41, 5.74) is 2.36. The highest BCUT2D eigenvalue weighted by molar-refractivity contribution is 5.51. The summed E-state index contributed by atoms with van der Waals surface area (Å²) in [5.74, 6) is 0.979. The summed E-state index contributed by atoms with van der Waals surface area (Å²) in [6, 6.07) is 6.76. The topological polar surface area (TPSA) is 21.3 Å². The van der Waals surface area contributed by atoms with E-state index in [1.165, 1.54) is 11.3 Å². The summed E-state index contributed by atoms with van der Waals surface area (Å²) >= 11 is 0. The minimum absolute atomic E-state index is 0.516. The second-order valence-electron chi connectivity index (χ2n) is 3.87. The number of hydrogen-bond donors (Lipinski definition) is 1. The molecule has 2 heteroatoms. The molecule has 0 aliphatic rings. The molecule has 1 N–H and O–H groups in total. The van der Waals surface area contributed by atoms with Crippen LogP contribution in [0.3, 0.4) is 0 Å². The van der Waals surface area contributed by atoms with E-state index in [2.05, 4.69) is 38.2 Å². The Morgan fingerprint density at radius 1 is 1.33 bits per heavy atom. The normalized spacial score (nSPS) is 12.3. The fourth-order valence-corrected chi connectivity index (χ4v) is 1.44. The molecule has 0 amide bonds. The third-order valence-electron chi connectivity index (χ3n) is 2.50. The first-order valence-electron chi connectivity index (χ1n) is 5.67. The minimum atomic E-state index is 0.516. The zero-order valence-corrected chi connectivity index (χ0v) is 10.1. The second kappa shape index (κ2) is 5.64. The van der Waals surface area contributed by atoms with Crippen molar-refractivity contribution < 1.29 is 4.74 Å². The van der Waals surface area contributed by atoms with Gasteiger partial charge in [0.1, 0.15) is 5.75 Å². The zero-order chi connectivity index (χ0) is 11.3. The maximum absolute atomic E-state index is 5.50. The Hall–Kier alpha value is -1.18. The first kappa shape index (κ1) is 11.9. The Balaban J connectivity index is 2.73. The third kappa shape index (κ3) is 3.46. The molecular formula is C13H21NO. The molecule has 0 bridgehead atoms. The van der Waals surface area contributed by atoms with Gasteiger partial charge in [-0.3, -0.25) is 0 Å². The molecule has 0 fully saturated rings. The molecule has 0 saturated heterocycles. The maximum atomic E-state index is 5.50. The lowest BCUT2D eigenvalue weighted by Gasteiger charge is -2.15. The van der Waals surface area contributed by atoms with Crippen molar-refractivity contribution in [1.82, 2.24) is 0 Å². The number of rotatable bonds is 5. The van der Waals surface area contributed by atoms with Crippen molar-refractivity contribution in [2.45, 2.75) is 40.2 Å². The molecule has 1 unspecified atom stereocenters. The van der Waals surface area contributed by atoms with Crippen LogP contribution in [0.4, 0.5) is 5.69 Å². The van der Waals surface area contributed by atoms with Gasteiger partial charge in [-0.05, 0) is 51.0 Å². The molecule has 0 saturated carbocycles. The molecule has 1 rings (SSSR count). The summed E-state index contributed by atoms with van der Waals surface area (Å²) < 4.78 is 5.50. The smallest absolute Gasteiger partial charge is 0.122 e. The molecular weight excluding hydrogens is 186 g/mol. The second-order valence-corrected chi connectivity index (χ2v) is 3.87. The molecule has 2 nitrogen and oxygen atoms in total. The molecule has 0 aromatic heterocycles. The van der Waals surface area contributed by atoms with Crippen LogP contribution < -0.4 is 10.1 Å². The fourth-order valence-electron chi connectivity index (χ4n) is 1.44. The lowest BCUT2D eigenvalue weighted by Crippen LogP contribution is -2.13. The van der Waals surface area contributed by atoms with Gasteiger partial charge in [-0.15, -0.1) is 0 Å². The van der Waals surface area contributed by atoms with E-state index >= 15 is 0 Å². The number of anilines is 1. The largest absolute Gasteiger partial charge is 0.494 e. The summed E-state index contributed by atoms with van der Waals surface area (Å²) in [4.78, 5) is 0. The molecule has 0 aliphatic heterocycles. The summed E-state index contributed by atoms with van der Waals surface area (Å²) in [5, 5.41) is 3.45. The van der Waals surface area contributed by atoms with E-state index < -0.39 is 0 Å². The van der Waals surface area contributed by atoms with Crippen LogP contribution in [-0.2, 0) is 0 Å². The summed E-state index contributed by atoms with van der Waals surface area (Å²) in [6.07, 6.45) is 1.13. The summed E-state index contributed by atoms with van der Waals surface area (Å²) in [6.45, 7) is 9.17. The van der Waals surface area contributed by atoms with Gasteiger partial charge in [0.25, 0.3) is 0 Å². The molecule has 1 aromatic carbocycles. The standard InChI is InChI=1S/C13H21NO/c1-5-11(4)14-12-7-8-13(15-6-2)10(3)9-12/h7-9,11,14H,5-6H2,1-4H3. The highest BCUT2D eigenvalue weighted by Gasteiger charge is 2.02. The van der Waals surface area contributed by atoms with Gasteiger partial charge in [0, 0.05) is 11.7 Å². The van der Waals surface area contributed by atoms with Crippen LogP contribution >= 0.6 is 0 Å². The average molecular weight is 207 g/mol. The van der Waals surface area contributed by atoms with Crippen molar-refractivity contribution in [1.29, 1.82) is 0 Å². The van der Waals surface area contributed by atoms with Crippen molar-refractivity contribution in [2.75, 3.05) is 11.9 Å². The predicted octanol–water partition coefficient (Wildman–Crippen LogP) is 3.60. The minimum Gasteiger partial charge on any atom is -0.494 e. The molecule has 0 spiro atoms. The number of hydrogen-bond acceptors (Lipinski definition) is 2. The number of nitrogens with one attached hydrogen (secondary N) is 1. The van der Waals surface area contributed by atoms with Crippen molar-refractivity contribution in [3.8, 4) is 5.75 Å². The van der Waals surface area contributed by atoms with Crippen LogP contribution in [0.5, 0.6) is 5.75 Å². The predicted molar refractivity (Wildman–Crippen MR) is 65.7 cm³/mol. The first-order chi connectivity index (χ1) is 7.17. The highest BCUT2D eigenvalue weighted by Crippen LogP contribution is 2.22. The van der Waals surface area contributed by atoms with Gasteiger partial charge in [0.15, 0.2) is 0 Å². The van der Waals surface area contributed by atoms with Crippen LogP contribution in [0, 0.1) is 6.92 Å². The SMILES string of the molecule is CCOc1ccc(NC(C)CC)cc1C. The average Bonchev–Trinajstić information content (AvgIpc) is 2.22. The lowest BCUT2D eigenvalue weighted by atomic mass is 10.1. The van der Waals surface area contributed by atoms with E-state index in [0.29, 0.717) is 6.04 Å². The molecule has 0 radical (unpaired) electrons. The maximum Gasteiger partial charge on any atom is 0.122 e. The molecule has 84 valence electrons. The van der Waals surface area contributed by atoms with Gasteiger partial charge in [-0.25, -0.2) is 0 Å².